The van der Waals surface area contributed by atoms with Gasteiger partial charge < -0.3 is 19.9 Å². The lowest BCUT2D eigenvalue weighted by Gasteiger charge is -2.14. The van der Waals surface area contributed by atoms with Crippen LogP contribution in [0.5, 0.6) is 0 Å². The standard InChI is InChI=1S/C12H17F2NO4/c1-5-8(11(17)18-6-2)9(15-4)10(16)7(3)19-12(13)14/h5,12,15-16H,3,6H2,1-2,4H3/b8-5+,10-9-. The van der Waals surface area contributed by atoms with Crippen molar-refractivity contribution in [1.29, 1.82) is 0 Å². The van der Waals surface area contributed by atoms with Crippen LogP contribution in [-0.4, -0.2) is 31.3 Å². The van der Waals surface area contributed by atoms with Crippen LogP contribution < -0.4 is 5.32 Å². The van der Waals surface area contributed by atoms with Crippen LogP contribution in [0.2, 0.25) is 0 Å². The summed E-state index contributed by atoms with van der Waals surface area (Å²) in [5.41, 5.74) is -0.118. The van der Waals surface area contributed by atoms with Gasteiger partial charge in [0.1, 0.15) is 0 Å². The maximum absolute atomic E-state index is 12.0. The predicted octanol–water partition coefficient (Wildman–Crippen LogP) is 2.24. The van der Waals surface area contributed by atoms with E-state index in [9.17, 15) is 18.7 Å². The maximum atomic E-state index is 12.0. The van der Waals surface area contributed by atoms with E-state index in [0.29, 0.717) is 0 Å². The molecule has 0 aliphatic heterocycles. The fraction of sp³-hybridized carbons (Fsp3) is 0.417. The highest BCUT2D eigenvalue weighted by Gasteiger charge is 2.21. The number of nitrogens with one attached hydrogen (secondary N) is 1. The molecule has 0 aliphatic carbocycles. The number of likely N-dealkylation sites (N-methyl/N-ethyl adjacent to an activating group) is 1. The molecular weight excluding hydrogens is 260 g/mol. The Labute approximate surface area is 110 Å². The zero-order valence-electron chi connectivity index (χ0n) is 11.0. The van der Waals surface area contributed by atoms with Gasteiger partial charge in [-0.3, -0.25) is 0 Å². The molecule has 0 bridgehead atoms. The summed E-state index contributed by atoms with van der Waals surface area (Å²) in [7, 11) is 1.41. The normalized spacial score (nSPS) is 12.8. The Balaban J connectivity index is 5.36. The topological polar surface area (TPSA) is 67.8 Å². The van der Waals surface area contributed by atoms with Gasteiger partial charge in [-0.05, 0) is 13.8 Å². The van der Waals surface area contributed by atoms with Crippen LogP contribution >= 0.6 is 0 Å². The molecule has 0 atom stereocenters. The number of halogens is 2. The molecule has 0 heterocycles. The Morgan fingerprint density at radius 1 is 1.53 bits per heavy atom. The number of aliphatic hydroxyl groups excluding tert-OH is 1. The molecule has 2 N–H and O–H groups in total. The van der Waals surface area contributed by atoms with Crippen molar-refractivity contribution in [3.05, 3.63) is 35.4 Å². The minimum atomic E-state index is -3.12. The zero-order chi connectivity index (χ0) is 15.0. The minimum absolute atomic E-state index is 0.0131. The van der Waals surface area contributed by atoms with Crippen LogP contribution in [0.1, 0.15) is 13.8 Å². The molecule has 19 heavy (non-hydrogen) atoms. The van der Waals surface area contributed by atoms with Gasteiger partial charge in [-0.2, -0.15) is 8.78 Å². The Hall–Kier alpha value is -2.05. The highest BCUT2D eigenvalue weighted by molar-refractivity contribution is 5.93. The number of hydrogen-bond acceptors (Lipinski definition) is 5. The van der Waals surface area contributed by atoms with Gasteiger partial charge in [0, 0.05) is 7.05 Å². The summed E-state index contributed by atoms with van der Waals surface area (Å²) in [6, 6.07) is 0. The van der Waals surface area contributed by atoms with Crippen LogP contribution in [0.3, 0.4) is 0 Å². The lowest BCUT2D eigenvalue weighted by molar-refractivity contribution is -0.138. The first kappa shape index (κ1) is 16.9. The molecule has 108 valence electrons. The average Bonchev–Trinajstić information content (AvgIpc) is 2.34. The van der Waals surface area contributed by atoms with Gasteiger partial charge in [-0.25, -0.2) is 4.79 Å². The number of ether oxygens (including phenoxy) is 2. The molecule has 0 aromatic heterocycles. The van der Waals surface area contributed by atoms with Crippen molar-refractivity contribution in [2.45, 2.75) is 20.5 Å². The fourth-order valence-corrected chi connectivity index (χ4v) is 1.26. The van der Waals surface area contributed by atoms with Crippen molar-refractivity contribution in [3.63, 3.8) is 0 Å². The van der Waals surface area contributed by atoms with Gasteiger partial charge in [-0.15, -0.1) is 0 Å². The molecule has 0 aromatic carbocycles. The van der Waals surface area contributed by atoms with Crippen molar-refractivity contribution >= 4 is 5.97 Å². The van der Waals surface area contributed by atoms with E-state index in [1.165, 1.54) is 20.0 Å². The van der Waals surface area contributed by atoms with E-state index in [-0.39, 0.29) is 17.9 Å². The molecule has 0 rings (SSSR count). The molecule has 7 heteroatoms. The summed E-state index contributed by atoms with van der Waals surface area (Å²) in [6.45, 7) is 3.33. The van der Waals surface area contributed by atoms with Gasteiger partial charge >= 0.3 is 12.6 Å². The average molecular weight is 277 g/mol. The predicted molar refractivity (Wildman–Crippen MR) is 65.3 cm³/mol. The Bertz CT molecular complexity index is 403. The van der Waals surface area contributed by atoms with E-state index in [1.807, 2.05) is 0 Å². The van der Waals surface area contributed by atoms with E-state index >= 15 is 0 Å². The summed E-state index contributed by atoms with van der Waals surface area (Å²) in [6.07, 6.45) is 1.37. The van der Waals surface area contributed by atoms with Crippen LogP contribution in [0, 0.1) is 0 Å². The third kappa shape index (κ3) is 4.99. The zero-order valence-corrected chi connectivity index (χ0v) is 11.0. The Morgan fingerprint density at radius 2 is 2.11 bits per heavy atom. The summed E-state index contributed by atoms with van der Waals surface area (Å²) in [5.74, 6) is -2.04. The summed E-state index contributed by atoms with van der Waals surface area (Å²) in [4.78, 5) is 11.6. The number of esters is 1. The Morgan fingerprint density at radius 3 is 2.47 bits per heavy atom. The SMILES string of the molecule is C=C(OC(F)F)/C(O)=C(NC)\C(=C/C)C(=O)OCC. The molecule has 0 spiro atoms. The van der Waals surface area contributed by atoms with Crippen molar-refractivity contribution < 1.29 is 28.2 Å². The van der Waals surface area contributed by atoms with Crippen LogP contribution in [0.15, 0.2) is 35.4 Å². The molecule has 0 radical (unpaired) electrons. The second kappa shape index (κ2) is 8.12. The Kier molecular flexibility index (Phi) is 7.25. The number of carbonyl (C=O) groups is 1. The first-order chi connectivity index (χ1) is 8.88. The van der Waals surface area contributed by atoms with Gasteiger partial charge in [0.05, 0.1) is 17.9 Å². The van der Waals surface area contributed by atoms with Gasteiger partial charge in [0.15, 0.2) is 11.5 Å². The van der Waals surface area contributed by atoms with E-state index in [0.717, 1.165) is 0 Å². The van der Waals surface area contributed by atoms with Crippen molar-refractivity contribution in [2.75, 3.05) is 13.7 Å². The molecule has 0 saturated heterocycles. The first-order valence-electron chi connectivity index (χ1n) is 5.47. The summed E-state index contributed by atoms with van der Waals surface area (Å²) >= 11 is 0. The number of allylic oxidation sites excluding steroid dienone is 1. The number of carbonyl (C=O) groups excluding carboxylic acids is 1. The van der Waals surface area contributed by atoms with E-state index in [1.54, 1.807) is 6.92 Å². The summed E-state index contributed by atoms with van der Waals surface area (Å²) in [5, 5.41) is 12.3. The van der Waals surface area contributed by atoms with E-state index in [4.69, 9.17) is 4.74 Å². The second-order valence-corrected chi connectivity index (χ2v) is 3.20. The maximum Gasteiger partial charge on any atom is 0.387 e. The van der Waals surface area contributed by atoms with Gasteiger partial charge in [0.25, 0.3) is 0 Å². The lowest BCUT2D eigenvalue weighted by Crippen LogP contribution is -2.20. The van der Waals surface area contributed by atoms with Crippen molar-refractivity contribution in [1.82, 2.24) is 5.32 Å². The van der Waals surface area contributed by atoms with Crippen molar-refractivity contribution in [2.24, 2.45) is 0 Å². The summed E-state index contributed by atoms with van der Waals surface area (Å²) < 4.78 is 32.8. The highest BCUT2D eigenvalue weighted by Crippen LogP contribution is 2.19. The van der Waals surface area contributed by atoms with E-state index in [2.05, 4.69) is 16.6 Å². The third-order valence-electron chi connectivity index (χ3n) is 2.04. The number of hydrogen-bond donors (Lipinski definition) is 2. The molecular formula is C12H17F2NO4. The fourth-order valence-electron chi connectivity index (χ4n) is 1.26. The lowest BCUT2D eigenvalue weighted by atomic mass is 10.1. The number of alkyl halides is 2. The molecule has 5 nitrogen and oxygen atoms in total. The van der Waals surface area contributed by atoms with E-state index < -0.39 is 24.1 Å². The van der Waals surface area contributed by atoms with Crippen LogP contribution in [0.4, 0.5) is 8.78 Å². The monoisotopic (exact) mass is 277 g/mol. The van der Waals surface area contributed by atoms with Crippen molar-refractivity contribution in [3.8, 4) is 0 Å². The third-order valence-corrected chi connectivity index (χ3v) is 2.04. The molecule has 0 unspecified atom stereocenters. The largest absolute Gasteiger partial charge is 0.503 e. The van der Waals surface area contributed by atoms with Gasteiger partial charge in [-0.1, -0.05) is 12.7 Å². The van der Waals surface area contributed by atoms with Crippen LogP contribution in [0.25, 0.3) is 0 Å². The first-order valence-corrected chi connectivity index (χ1v) is 5.47. The molecule has 0 aliphatic rings. The second-order valence-electron chi connectivity index (χ2n) is 3.20. The number of aliphatic hydroxyl groups is 1. The minimum Gasteiger partial charge on any atom is -0.503 e. The van der Waals surface area contributed by atoms with Gasteiger partial charge in [0.2, 0.25) is 0 Å². The number of rotatable bonds is 7. The molecule has 0 fully saturated rings. The smallest absolute Gasteiger partial charge is 0.387 e. The highest BCUT2D eigenvalue weighted by atomic mass is 19.3. The molecule has 0 aromatic rings. The van der Waals surface area contributed by atoms with Crippen LogP contribution in [-0.2, 0) is 14.3 Å². The quantitative estimate of drug-likeness (QED) is 0.323. The molecule has 0 amide bonds. The molecule has 0 saturated carbocycles.